The Morgan fingerprint density at radius 3 is 2.53 bits per heavy atom. The maximum Gasteiger partial charge on any atom is 0.224 e. The lowest BCUT2D eigenvalue weighted by Crippen LogP contribution is -2.11. The Bertz CT molecular complexity index is 1770. The summed E-state index contributed by atoms with van der Waals surface area (Å²) in [7, 11) is 0. The van der Waals surface area contributed by atoms with Gasteiger partial charge in [-0.25, -0.2) is 4.39 Å². The van der Waals surface area contributed by atoms with Gasteiger partial charge in [-0.1, -0.05) is 31.5 Å². The zero-order chi connectivity index (χ0) is 26.1. The van der Waals surface area contributed by atoms with Gasteiger partial charge in [0, 0.05) is 40.7 Å². The van der Waals surface area contributed by atoms with E-state index in [4.69, 9.17) is 0 Å². The van der Waals surface area contributed by atoms with Crippen LogP contribution < -0.4 is 5.32 Å². The Kier molecular flexibility index (Phi) is 6.13. The van der Waals surface area contributed by atoms with Gasteiger partial charge in [-0.2, -0.15) is 5.10 Å². The van der Waals surface area contributed by atoms with Gasteiger partial charge in [0.15, 0.2) is 0 Å². The third-order valence-corrected chi connectivity index (χ3v) is 6.63. The summed E-state index contributed by atoms with van der Waals surface area (Å²) in [5.41, 5.74) is 7.71. The van der Waals surface area contributed by atoms with Crippen molar-refractivity contribution in [3.63, 3.8) is 0 Å². The number of amides is 1. The van der Waals surface area contributed by atoms with Gasteiger partial charge < -0.3 is 10.3 Å². The molecule has 8 heteroatoms. The number of nitrogens with zero attached hydrogens (tertiary/aromatic N) is 3. The minimum Gasteiger partial charge on any atom is -0.352 e. The van der Waals surface area contributed by atoms with Crippen molar-refractivity contribution in [2.24, 2.45) is 0 Å². The molecule has 0 atom stereocenters. The molecule has 0 spiro atoms. The molecule has 0 saturated carbocycles. The number of hydrogen-bond acceptors (Lipinski definition) is 4. The monoisotopic (exact) mass is 504 g/mol. The zero-order valence-corrected chi connectivity index (χ0v) is 20.8. The second-order valence-electron chi connectivity index (χ2n) is 9.28. The van der Waals surface area contributed by atoms with Crippen LogP contribution in [0.2, 0.25) is 0 Å². The molecule has 0 aliphatic rings. The number of rotatable bonds is 7. The summed E-state index contributed by atoms with van der Waals surface area (Å²) in [6.45, 7) is 2.06. The molecule has 6 rings (SSSR count). The smallest absolute Gasteiger partial charge is 0.224 e. The summed E-state index contributed by atoms with van der Waals surface area (Å²) in [6.07, 6.45) is 9.33. The van der Waals surface area contributed by atoms with Crippen LogP contribution in [0.1, 0.15) is 26.2 Å². The molecule has 0 radical (unpaired) electrons. The van der Waals surface area contributed by atoms with Gasteiger partial charge in [0.1, 0.15) is 11.5 Å². The van der Waals surface area contributed by atoms with Crippen LogP contribution in [-0.4, -0.2) is 31.1 Å². The Morgan fingerprint density at radius 2 is 1.68 bits per heavy atom. The highest BCUT2D eigenvalue weighted by atomic mass is 19.1. The van der Waals surface area contributed by atoms with Crippen LogP contribution in [0.15, 0.2) is 79.4 Å². The second kappa shape index (κ2) is 9.89. The van der Waals surface area contributed by atoms with Crippen molar-refractivity contribution in [2.45, 2.75) is 26.2 Å². The van der Waals surface area contributed by atoms with Crippen molar-refractivity contribution >= 4 is 33.4 Å². The van der Waals surface area contributed by atoms with Crippen molar-refractivity contribution in [3.8, 4) is 33.6 Å². The summed E-state index contributed by atoms with van der Waals surface area (Å²) in [6, 6.07) is 16.4. The van der Waals surface area contributed by atoms with E-state index in [1.54, 1.807) is 36.9 Å². The SMILES string of the molecule is CCCCC(=O)Nc1cncc(-c2ccc3[nH]nc(-c4cc5c(-c6ccc(F)cc6)cncc5[nH]4)c3c2)c1. The summed E-state index contributed by atoms with van der Waals surface area (Å²) < 4.78 is 13.5. The maximum atomic E-state index is 13.5. The number of hydrogen-bond donors (Lipinski definition) is 3. The number of nitrogens with one attached hydrogen (secondary N) is 3. The van der Waals surface area contributed by atoms with Crippen LogP contribution in [0.5, 0.6) is 0 Å². The fourth-order valence-electron chi connectivity index (χ4n) is 4.66. The number of H-pyrrole nitrogens is 2. The number of benzene rings is 2. The highest BCUT2D eigenvalue weighted by molar-refractivity contribution is 6.01. The Balaban J connectivity index is 1.37. The number of halogens is 1. The minimum atomic E-state index is -0.276. The van der Waals surface area contributed by atoms with E-state index >= 15 is 0 Å². The van der Waals surface area contributed by atoms with E-state index in [0.717, 1.165) is 68.3 Å². The number of aromatic amines is 2. The van der Waals surface area contributed by atoms with Crippen molar-refractivity contribution in [3.05, 3.63) is 85.2 Å². The number of anilines is 1. The molecule has 7 nitrogen and oxygen atoms in total. The normalized spacial score (nSPS) is 11.3. The molecule has 0 bridgehead atoms. The number of unbranched alkanes of at least 4 members (excludes halogenated alkanes) is 1. The van der Waals surface area contributed by atoms with E-state index in [2.05, 4.69) is 43.5 Å². The van der Waals surface area contributed by atoms with E-state index in [9.17, 15) is 9.18 Å². The van der Waals surface area contributed by atoms with Crippen molar-refractivity contribution in [1.82, 2.24) is 25.1 Å². The quantitative estimate of drug-likeness (QED) is 0.216. The van der Waals surface area contributed by atoms with Crippen LogP contribution >= 0.6 is 0 Å². The summed E-state index contributed by atoms with van der Waals surface area (Å²) in [4.78, 5) is 24.3. The summed E-state index contributed by atoms with van der Waals surface area (Å²) in [5, 5.41) is 12.6. The predicted molar refractivity (Wildman–Crippen MR) is 148 cm³/mol. The third-order valence-electron chi connectivity index (χ3n) is 6.63. The molecular weight excluding hydrogens is 479 g/mol. The second-order valence-corrected chi connectivity index (χ2v) is 9.28. The molecule has 6 aromatic rings. The lowest BCUT2D eigenvalue weighted by molar-refractivity contribution is -0.116. The maximum absolute atomic E-state index is 13.5. The average molecular weight is 505 g/mol. The first-order chi connectivity index (χ1) is 18.6. The molecular formula is C30H25FN6O. The number of carbonyl (C=O) groups excluding carboxylic acids is 1. The standard InChI is InChI=1S/C30H25FN6O/c1-2-3-4-29(38)34-22-11-20(14-32-15-22)19-7-10-26-24(12-19)30(37-36-26)27-13-23-25(16-33-17-28(23)35-27)18-5-8-21(31)9-6-18/h5-17,35H,2-4H2,1H3,(H,34,38)(H,36,37). The fourth-order valence-corrected chi connectivity index (χ4v) is 4.66. The molecule has 38 heavy (non-hydrogen) atoms. The van der Waals surface area contributed by atoms with Crippen LogP contribution in [0.25, 0.3) is 55.4 Å². The van der Waals surface area contributed by atoms with Gasteiger partial charge in [0.25, 0.3) is 0 Å². The van der Waals surface area contributed by atoms with Crippen molar-refractivity contribution in [2.75, 3.05) is 5.32 Å². The lowest BCUT2D eigenvalue weighted by atomic mass is 10.0. The first kappa shape index (κ1) is 23.5. The molecule has 188 valence electrons. The fraction of sp³-hybridized carbons (Fsp3) is 0.133. The average Bonchev–Trinajstić information content (AvgIpc) is 3.56. The number of fused-ring (bicyclic) bond motifs is 2. The van der Waals surface area contributed by atoms with Gasteiger partial charge in [-0.15, -0.1) is 0 Å². The molecule has 1 amide bonds. The molecule has 3 N–H and O–H groups in total. The molecule has 0 fully saturated rings. The minimum absolute atomic E-state index is 0.00770. The highest BCUT2D eigenvalue weighted by Crippen LogP contribution is 2.35. The first-order valence-corrected chi connectivity index (χ1v) is 12.6. The van der Waals surface area contributed by atoms with Gasteiger partial charge in [0.2, 0.25) is 5.91 Å². The van der Waals surface area contributed by atoms with E-state index in [-0.39, 0.29) is 11.7 Å². The van der Waals surface area contributed by atoms with E-state index in [1.165, 1.54) is 12.1 Å². The van der Waals surface area contributed by atoms with Crippen LogP contribution in [0, 0.1) is 5.82 Å². The van der Waals surface area contributed by atoms with E-state index < -0.39 is 0 Å². The molecule has 0 aliphatic heterocycles. The third kappa shape index (κ3) is 4.52. The van der Waals surface area contributed by atoms with Gasteiger partial charge in [-0.05, 0) is 53.9 Å². The predicted octanol–water partition coefficient (Wildman–Crippen LogP) is 7.10. The van der Waals surface area contributed by atoms with Gasteiger partial charge >= 0.3 is 0 Å². The van der Waals surface area contributed by atoms with Crippen LogP contribution in [-0.2, 0) is 4.79 Å². The largest absolute Gasteiger partial charge is 0.352 e. The van der Waals surface area contributed by atoms with Crippen molar-refractivity contribution < 1.29 is 9.18 Å². The number of pyridine rings is 2. The molecule has 4 aromatic heterocycles. The van der Waals surface area contributed by atoms with Gasteiger partial charge in [-0.3, -0.25) is 19.9 Å². The van der Waals surface area contributed by atoms with E-state index in [0.29, 0.717) is 12.1 Å². The van der Waals surface area contributed by atoms with E-state index in [1.807, 2.05) is 24.3 Å². The topological polar surface area (TPSA) is 99.3 Å². The molecule has 0 aliphatic carbocycles. The Labute approximate surface area is 218 Å². The summed E-state index contributed by atoms with van der Waals surface area (Å²) in [5.74, 6) is -0.284. The molecule has 0 saturated heterocycles. The van der Waals surface area contributed by atoms with Crippen LogP contribution in [0.3, 0.4) is 0 Å². The summed E-state index contributed by atoms with van der Waals surface area (Å²) >= 11 is 0. The molecule has 4 heterocycles. The van der Waals surface area contributed by atoms with Crippen molar-refractivity contribution in [1.29, 1.82) is 0 Å². The Morgan fingerprint density at radius 1 is 0.868 bits per heavy atom. The zero-order valence-electron chi connectivity index (χ0n) is 20.8. The number of aromatic nitrogens is 5. The Hall–Kier alpha value is -4.85. The number of carbonyl (C=O) groups is 1. The molecule has 0 unspecified atom stereocenters. The van der Waals surface area contributed by atoms with Crippen LogP contribution in [0.4, 0.5) is 10.1 Å². The first-order valence-electron chi connectivity index (χ1n) is 12.6. The lowest BCUT2D eigenvalue weighted by Gasteiger charge is -2.07. The molecule has 2 aromatic carbocycles. The van der Waals surface area contributed by atoms with Gasteiger partial charge in [0.05, 0.1) is 34.8 Å². The highest BCUT2D eigenvalue weighted by Gasteiger charge is 2.15.